The van der Waals surface area contributed by atoms with Crippen molar-refractivity contribution in [2.24, 2.45) is 5.92 Å². The molecule has 3 aromatic rings. The van der Waals surface area contributed by atoms with E-state index in [2.05, 4.69) is 15.4 Å². The molecule has 2 amide bonds. The van der Waals surface area contributed by atoms with Crippen molar-refractivity contribution in [3.05, 3.63) is 64.7 Å². The third-order valence-electron chi connectivity index (χ3n) is 4.99. The second-order valence-corrected chi connectivity index (χ2v) is 6.88. The lowest BCUT2D eigenvalue weighted by Crippen LogP contribution is -2.55. The highest BCUT2D eigenvalue weighted by atomic mass is 16.2. The summed E-state index contributed by atoms with van der Waals surface area (Å²) in [7, 11) is 0. The first-order valence-electron chi connectivity index (χ1n) is 9.29. The van der Waals surface area contributed by atoms with E-state index in [1.165, 1.54) is 10.7 Å². The maximum atomic E-state index is 12.7. The predicted molar refractivity (Wildman–Crippen MR) is 104 cm³/mol. The van der Waals surface area contributed by atoms with Crippen molar-refractivity contribution in [2.75, 3.05) is 19.6 Å². The van der Waals surface area contributed by atoms with Gasteiger partial charge in [0.1, 0.15) is 0 Å². The molecule has 1 aliphatic heterocycles. The van der Waals surface area contributed by atoms with E-state index in [0.717, 1.165) is 10.9 Å². The fourth-order valence-electron chi connectivity index (χ4n) is 3.37. The molecule has 1 saturated heterocycles. The minimum Gasteiger partial charge on any atom is -0.360 e. The molecule has 2 aromatic heterocycles. The van der Waals surface area contributed by atoms with E-state index in [9.17, 15) is 14.4 Å². The van der Waals surface area contributed by atoms with Gasteiger partial charge >= 0.3 is 0 Å². The SMILES string of the molecule is O=C(NCCCn1ncccc1=O)C1CN(C(=O)c2c[nH]c3ccccc23)C1. The Morgan fingerprint density at radius 3 is 2.82 bits per heavy atom. The average molecular weight is 379 g/mol. The van der Waals surface area contributed by atoms with Crippen LogP contribution in [0.3, 0.4) is 0 Å². The van der Waals surface area contributed by atoms with E-state index in [0.29, 0.717) is 38.2 Å². The zero-order valence-electron chi connectivity index (χ0n) is 15.3. The largest absolute Gasteiger partial charge is 0.360 e. The van der Waals surface area contributed by atoms with Crippen LogP contribution in [0.2, 0.25) is 0 Å². The van der Waals surface area contributed by atoms with Crippen molar-refractivity contribution >= 4 is 22.7 Å². The molecule has 28 heavy (non-hydrogen) atoms. The third-order valence-corrected chi connectivity index (χ3v) is 4.99. The number of fused-ring (bicyclic) bond motifs is 1. The molecule has 144 valence electrons. The number of hydrogen-bond acceptors (Lipinski definition) is 4. The second kappa shape index (κ2) is 7.67. The Hall–Kier alpha value is -3.42. The number of amides is 2. The monoisotopic (exact) mass is 379 g/mol. The molecule has 1 fully saturated rings. The van der Waals surface area contributed by atoms with Gasteiger partial charge in [-0.25, -0.2) is 4.68 Å². The van der Waals surface area contributed by atoms with Crippen LogP contribution in [0.4, 0.5) is 0 Å². The fraction of sp³-hybridized carbons (Fsp3) is 0.300. The number of hydrogen-bond donors (Lipinski definition) is 2. The van der Waals surface area contributed by atoms with Gasteiger partial charge in [-0.1, -0.05) is 18.2 Å². The molecule has 0 radical (unpaired) electrons. The van der Waals surface area contributed by atoms with Crippen molar-refractivity contribution in [3.63, 3.8) is 0 Å². The summed E-state index contributed by atoms with van der Waals surface area (Å²) >= 11 is 0. The zero-order chi connectivity index (χ0) is 19.5. The summed E-state index contributed by atoms with van der Waals surface area (Å²) in [6.45, 7) is 1.76. The van der Waals surface area contributed by atoms with Crippen LogP contribution in [0.15, 0.2) is 53.6 Å². The maximum absolute atomic E-state index is 12.7. The lowest BCUT2D eigenvalue weighted by atomic mass is 9.97. The number of aromatic amines is 1. The number of benzene rings is 1. The summed E-state index contributed by atoms with van der Waals surface area (Å²) in [6.07, 6.45) is 3.90. The predicted octanol–water partition coefficient (Wildman–Crippen LogP) is 1.00. The molecular weight excluding hydrogens is 358 g/mol. The molecule has 0 atom stereocenters. The molecule has 0 saturated carbocycles. The van der Waals surface area contributed by atoms with E-state index < -0.39 is 0 Å². The molecule has 8 nitrogen and oxygen atoms in total. The van der Waals surface area contributed by atoms with Crippen LogP contribution in [0.25, 0.3) is 10.9 Å². The summed E-state index contributed by atoms with van der Waals surface area (Å²) in [6, 6.07) is 10.7. The van der Waals surface area contributed by atoms with E-state index in [1.807, 2.05) is 24.3 Å². The van der Waals surface area contributed by atoms with Crippen LogP contribution in [-0.4, -0.2) is 51.1 Å². The van der Waals surface area contributed by atoms with Gasteiger partial charge < -0.3 is 15.2 Å². The van der Waals surface area contributed by atoms with Crippen molar-refractivity contribution < 1.29 is 9.59 Å². The Morgan fingerprint density at radius 1 is 1.18 bits per heavy atom. The third kappa shape index (κ3) is 3.53. The van der Waals surface area contributed by atoms with Crippen LogP contribution in [0, 0.1) is 5.92 Å². The van der Waals surface area contributed by atoms with Crippen LogP contribution in [0.1, 0.15) is 16.8 Å². The molecule has 2 N–H and O–H groups in total. The molecule has 1 aromatic carbocycles. The number of carbonyl (C=O) groups is 2. The Morgan fingerprint density at radius 2 is 2.00 bits per heavy atom. The lowest BCUT2D eigenvalue weighted by Gasteiger charge is -2.38. The van der Waals surface area contributed by atoms with Gasteiger partial charge in [-0.05, 0) is 18.6 Å². The molecule has 1 aliphatic rings. The highest BCUT2D eigenvalue weighted by Crippen LogP contribution is 2.24. The van der Waals surface area contributed by atoms with Crippen molar-refractivity contribution in [2.45, 2.75) is 13.0 Å². The van der Waals surface area contributed by atoms with Crippen LogP contribution in [-0.2, 0) is 11.3 Å². The molecule has 0 unspecified atom stereocenters. The van der Waals surface area contributed by atoms with Crippen molar-refractivity contribution in [1.29, 1.82) is 0 Å². The van der Waals surface area contributed by atoms with Gasteiger partial charge in [0.25, 0.3) is 11.5 Å². The summed E-state index contributed by atoms with van der Waals surface area (Å²) < 4.78 is 1.37. The Bertz CT molecular complexity index is 1060. The van der Waals surface area contributed by atoms with Gasteiger partial charge in [-0.15, -0.1) is 0 Å². The van der Waals surface area contributed by atoms with Crippen molar-refractivity contribution in [1.82, 2.24) is 25.0 Å². The number of aromatic nitrogens is 3. The van der Waals surface area contributed by atoms with Gasteiger partial charge in [0, 0.05) is 55.5 Å². The molecular formula is C20H21N5O3. The van der Waals surface area contributed by atoms with Crippen LogP contribution >= 0.6 is 0 Å². The topological polar surface area (TPSA) is 100 Å². The van der Waals surface area contributed by atoms with E-state index in [-0.39, 0.29) is 23.3 Å². The highest BCUT2D eigenvalue weighted by Gasteiger charge is 2.36. The first kappa shape index (κ1) is 18.0. The Balaban J connectivity index is 1.23. The summed E-state index contributed by atoms with van der Waals surface area (Å²) in [5.74, 6) is -0.306. The number of H-pyrrole nitrogens is 1. The van der Waals surface area contributed by atoms with E-state index in [4.69, 9.17) is 0 Å². The average Bonchev–Trinajstić information content (AvgIpc) is 3.09. The smallest absolute Gasteiger partial charge is 0.266 e. The minimum absolute atomic E-state index is 0.0589. The van der Waals surface area contributed by atoms with Crippen LogP contribution < -0.4 is 10.9 Å². The fourth-order valence-corrected chi connectivity index (χ4v) is 3.37. The van der Waals surface area contributed by atoms with Gasteiger partial charge in [-0.2, -0.15) is 5.10 Å². The van der Waals surface area contributed by atoms with E-state index in [1.54, 1.807) is 23.4 Å². The standard InChI is InChI=1S/C20H21N5O3/c26-18-7-3-9-23-25(18)10-4-8-21-19(27)14-12-24(13-14)20(28)16-11-22-17-6-2-1-5-15(16)17/h1-3,5-7,9,11,14,22H,4,8,10,12-13H2,(H,21,27). The molecule has 4 rings (SSSR count). The number of rotatable bonds is 6. The number of nitrogens with one attached hydrogen (secondary N) is 2. The molecule has 0 bridgehead atoms. The van der Waals surface area contributed by atoms with Crippen molar-refractivity contribution in [3.8, 4) is 0 Å². The first-order valence-corrected chi connectivity index (χ1v) is 9.29. The van der Waals surface area contributed by atoms with E-state index >= 15 is 0 Å². The molecule has 0 aliphatic carbocycles. The number of carbonyl (C=O) groups excluding carboxylic acids is 2. The van der Waals surface area contributed by atoms with Crippen LogP contribution in [0.5, 0.6) is 0 Å². The molecule has 3 heterocycles. The van der Waals surface area contributed by atoms with Gasteiger partial charge in [0.15, 0.2) is 0 Å². The Kier molecular flexibility index (Phi) is 4.92. The first-order chi connectivity index (χ1) is 13.6. The quantitative estimate of drug-likeness (QED) is 0.624. The molecule has 8 heteroatoms. The number of nitrogens with zero attached hydrogens (tertiary/aromatic N) is 3. The Labute approximate surface area is 161 Å². The lowest BCUT2D eigenvalue weighted by molar-refractivity contribution is -0.128. The summed E-state index contributed by atoms with van der Waals surface area (Å²) in [5.41, 5.74) is 1.40. The normalized spacial score (nSPS) is 14.1. The second-order valence-electron chi connectivity index (χ2n) is 6.88. The van der Waals surface area contributed by atoms with Gasteiger partial charge in [0.2, 0.25) is 5.91 Å². The zero-order valence-corrected chi connectivity index (χ0v) is 15.3. The summed E-state index contributed by atoms with van der Waals surface area (Å²) in [5, 5.41) is 7.74. The number of para-hydroxylation sites is 1. The highest BCUT2D eigenvalue weighted by molar-refractivity contribution is 6.07. The molecule has 0 spiro atoms. The summed E-state index contributed by atoms with van der Waals surface area (Å²) in [4.78, 5) is 41.2. The number of likely N-dealkylation sites (tertiary alicyclic amines) is 1. The van der Waals surface area contributed by atoms with Gasteiger partial charge in [0.05, 0.1) is 11.5 Å². The maximum Gasteiger partial charge on any atom is 0.266 e. The minimum atomic E-state index is -0.188. The van der Waals surface area contributed by atoms with Gasteiger partial charge in [-0.3, -0.25) is 14.4 Å². The number of aryl methyl sites for hydroxylation is 1.